The van der Waals surface area contributed by atoms with Crippen molar-refractivity contribution >= 4 is 56.8 Å². The molecule has 2 rings (SSSR count). The number of aliphatic hydroxyl groups is 4. The van der Waals surface area contributed by atoms with E-state index in [-0.39, 0.29) is 23.5 Å². The van der Waals surface area contributed by atoms with Gasteiger partial charge in [0.2, 0.25) is 0 Å². The molecule has 0 bridgehead atoms. The number of β-amino-alcohol motifs (C(OH)–C–C–N with tert-alkyl or cyclic N) is 2. The summed E-state index contributed by atoms with van der Waals surface area (Å²) < 4.78 is 34.1. The summed E-state index contributed by atoms with van der Waals surface area (Å²) in [4.78, 5) is 6.93. The Hall–Kier alpha value is 0.710. The molecule has 17 heteroatoms. The van der Waals surface area contributed by atoms with Gasteiger partial charge in [-0.25, -0.2) is 9.80 Å². The van der Waals surface area contributed by atoms with E-state index in [0.717, 1.165) is 39.5 Å². The largest absolute Gasteiger partial charge is 0.759 e. The van der Waals surface area contributed by atoms with Crippen molar-refractivity contribution in [3.63, 3.8) is 0 Å². The zero-order valence-corrected chi connectivity index (χ0v) is 23.3. The first-order valence-electron chi connectivity index (χ1n) is 11.1. The second-order valence-corrected chi connectivity index (χ2v) is 10.6. The number of nitrogens with one attached hydrogen (secondary N) is 2. The molecule has 6 atom stereocenters. The quantitative estimate of drug-likeness (QED) is 0.0714. The van der Waals surface area contributed by atoms with Crippen LogP contribution in [0.1, 0.15) is 0 Å². The van der Waals surface area contributed by atoms with Crippen LogP contribution < -0.4 is 9.80 Å². The Bertz CT molecular complexity index is 564. The van der Waals surface area contributed by atoms with Crippen molar-refractivity contribution in [2.24, 2.45) is 0 Å². The second kappa shape index (κ2) is 19.7. The van der Waals surface area contributed by atoms with E-state index in [4.69, 9.17) is 63.9 Å². The number of alkyl halides is 4. The van der Waals surface area contributed by atoms with Gasteiger partial charge >= 0.3 is 0 Å². The Balaban J connectivity index is 0.000000555. The summed E-state index contributed by atoms with van der Waals surface area (Å²) in [6.45, 7) is 8.15. The van der Waals surface area contributed by atoms with Crippen molar-refractivity contribution in [1.82, 2.24) is 9.80 Å². The average Bonchev–Trinajstić information content (AvgIpc) is 3.41. The van der Waals surface area contributed by atoms with Crippen molar-refractivity contribution < 1.29 is 47.7 Å². The van der Waals surface area contributed by atoms with Crippen LogP contribution in [0.4, 0.5) is 0 Å². The number of halogens is 4. The van der Waals surface area contributed by atoms with Gasteiger partial charge in [-0.15, -0.1) is 46.4 Å². The molecular formula is C18H38Cl4N4O8S. The molecule has 0 aromatic rings. The zero-order valence-electron chi connectivity index (χ0n) is 19.4. The van der Waals surface area contributed by atoms with Crippen molar-refractivity contribution in [1.29, 1.82) is 0 Å². The smallest absolute Gasteiger partial charge is 0.133 e. The monoisotopic (exact) mass is 610 g/mol. The fourth-order valence-corrected chi connectivity index (χ4v) is 4.11. The molecule has 0 spiro atoms. The summed E-state index contributed by atoms with van der Waals surface area (Å²) in [5.74, 6) is 1.12. The van der Waals surface area contributed by atoms with Crippen LogP contribution in [0.5, 0.6) is 0 Å². The first-order valence-corrected chi connectivity index (χ1v) is 14.5. The molecule has 35 heavy (non-hydrogen) atoms. The molecule has 212 valence electrons. The third-order valence-corrected chi connectivity index (χ3v) is 6.58. The van der Waals surface area contributed by atoms with E-state index in [0.29, 0.717) is 26.2 Å². The van der Waals surface area contributed by atoms with E-state index in [1.54, 1.807) is 0 Å². The summed E-state index contributed by atoms with van der Waals surface area (Å²) >= 11 is 22.1. The highest BCUT2D eigenvalue weighted by Gasteiger charge is 2.27. The van der Waals surface area contributed by atoms with Crippen LogP contribution in [0.25, 0.3) is 0 Å². The topological polar surface area (TPSA) is 177 Å². The van der Waals surface area contributed by atoms with Gasteiger partial charge in [0.1, 0.15) is 38.6 Å². The normalized spacial score (nSPS) is 24.6. The van der Waals surface area contributed by atoms with Gasteiger partial charge in [-0.05, 0) is 0 Å². The summed E-state index contributed by atoms with van der Waals surface area (Å²) in [5.41, 5.74) is 0. The van der Waals surface area contributed by atoms with Crippen LogP contribution >= 0.6 is 46.4 Å². The van der Waals surface area contributed by atoms with Gasteiger partial charge in [-0.3, -0.25) is 8.42 Å². The van der Waals surface area contributed by atoms with E-state index in [2.05, 4.69) is 9.80 Å². The van der Waals surface area contributed by atoms with E-state index in [1.807, 2.05) is 0 Å². The zero-order chi connectivity index (χ0) is 27.0. The van der Waals surface area contributed by atoms with Gasteiger partial charge in [-0.2, -0.15) is 0 Å². The molecule has 0 aliphatic carbocycles. The van der Waals surface area contributed by atoms with Crippen LogP contribution in [0.3, 0.4) is 0 Å². The summed E-state index contributed by atoms with van der Waals surface area (Å²) in [6, 6.07) is 0. The fourth-order valence-electron chi connectivity index (χ4n) is 3.70. The Morgan fingerprint density at radius 1 is 0.686 bits per heavy atom. The molecule has 0 aromatic carbocycles. The average molecular weight is 612 g/mol. The maximum atomic E-state index is 9.39. The van der Waals surface area contributed by atoms with Crippen LogP contribution in [0.2, 0.25) is 0 Å². The van der Waals surface area contributed by atoms with Gasteiger partial charge in [0.05, 0.1) is 50.1 Å². The molecule has 12 nitrogen and oxygen atoms in total. The van der Waals surface area contributed by atoms with E-state index in [9.17, 15) is 20.4 Å². The third-order valence-electron chi connectivity index (χ3n) is 5.16. The Labute approximate surface area is 227 Å². The van der Waals surface area contributed by atoms with Crippen molar-refractivity contribution in [2.75, 3.05) is 89.2 Å². The summed E-state index contributed by atoms with van der Waals surface area (Å²) in [7, 11) is -5.17. The van der Waals surface area contributed by atoms with E-state index < -0.39 is 34.8 Å². The molecule has 6 unspecified atom stereocenters. The number of hydrogen-bond donors (Lipinski definition) is 6. The lowest BCUT2D eigenvalue weighted by Gasteiger charge is -2.18. The first-order chi connectivity index (χ1) is 16.3. The lowest BCUT2D eigenvalue weighted by atomic mass is 10.4. The number of nitrogens with zero attached hydrogens (tertiary/aromatic N) is 2. The van der Waals surface area contributed by atoms with Gasteiger partial charge < -0.3 is 39.3 Å². The number of quaternary nitrogens is 2. The minimum atomic E-state index is -5.17. The molecule has 2 aliphatic heterocycles. The minimum Gasteiger partial charge on any atom is -0.759 e. The van der Waals surface area contributed by atoms with E-state index >= 15 is 0 Å². The van der Waals surface area contributed by atoms with Gasteiger partial charge in [-0.1, -0.05) is 0 Å². The van der Waals surface area contributed by atoms with Crippen molar-refractivity contribution in [3.05, 3.63) is 0 Å². The highest BCUT2D eigenvalue weighted by Crippen LogP contribution is 1.96. The number of rotatable bonds is 12. The van der Waals surface area contributed by atoms with Gasteiger partial charge in [0, 0.05) is 35.2 Å². The molecule has 0 radical (unpaired) electrons. The summed E-state index contributed by atoms with van der Waals surface area (Å²) in [5, 5.41) is 37.5. The maximum Gasteiger partial charge on any atom is 0.133 e. The SMILES string of the molecule is O=S(=O)([O-])[O-].OC(CCl)CN1CC[NH+](CC(O)CCl)C1.OC(CCl)CN1CC[NH+](CC(O)CCl)C1. The minimum absolute atomic E-state index is 0.274. The molecule has 2 heterocycles. The summed E-state index contributed by atoms with van der Waals surface area (Å²) in [6.07, 6.45) is -1.77. The molecule has 0 aromatic heterocycles. The molecule has 0 saturated carbocycles. The molecule has 6 N–H and O–H groups in total. The van der Waals surface area contributed by atoms with Gasteiger partial charge in [0.15, 0.2) is 0 Å². The Morgan fingerprint density at radius 3 is 1.23 bits per heavy atom. The Kier molecular flexibility index (Phi) is 20.1. The van der Waals surface area contributed by atoms with E-state index in [1.165, 1.54) is 9.80 Å². The molecule has 2 fully saturated rings. The van der Waals surface area contributed by atoms with Crippen LogP contribution in [-0.2, 0) is 10.4 Å². The Morgan fingerprint density at radius 2 is 0.971 bits per heavy atom. The maximum absolute atomic E-state index is 9.39. The van der Waals surface area contributed by atoms with Crippen LogP contribution in [0.15, 0.2) is 0 Å². The standard InChI is InChI=1S/2C9H18Cl2N2O2.H2O4S/c2*10-3-8(14)5-12-1-2-13(7-12)6-9(15)4-11;1-5(2,3)4/h2*8-9,14-15H,1-7H2;(H2,1,2,3,4). The fraction of sp³-hybridized carbons (Fsp3) is 1.00. The van der Waals surface area contributed by atoms with Gasteiger partial charge in [0.25, 0.3) is 0 Å². The third kappa shape index (κ3) is 20.4. The highest BCUT2D eigenvalue weighted by atomic mass is 35.5. The molecule has 2 saturated heterocycles. The number of hydrogen-bond acceptors (Lipinski definition) is 10. The molecule has 2 aliphatic rings. The molecular weight excluding hydrogens is 574 g/mol. The lowest BCUT2D eigenvalue weighted by molar-refractivity contribution is -0.894. The second-order valence-electron chi connectivity index (χ2n) is 8.52. The highest BCUT2D eigenvalue weighted by molar-refractivity contribution is 7.79. The molecule has 0 amide bonds. The predicted octanol–water partition coefficient (Wildman–Crippen LogP) is -4.65. The lowest BCUT2D eigenvalue weighted by Crippen LogP contribution is -3.12. The number of aliphatic hydroxyl groups excluding tert-OH is 4. The predicted molar refractivity (Wildman–Crippen MR) is 132 cm³/mol. The van der Waals surface area contributed by atoms with Crippen molar-refractivity contribution in [2.45, 2.75) is 24.4 Å². The first kappa shape index (κ1) is 35.7. The van der Waals surface area contributed by atoms with Crippen molar-refractivity contribution in [3.8, 4) is 0 Å². The van der Waals surface area contributed by atoms with Crippen LogP contribution in [-0.4, -0.2) is 161 Å². The van der Waals surface area contributed by atoms with Crippen LogP contribution in [0, 0.1) is 0 Å².